The summed E-state index contributed by atoms with van der Waals surface area (Å²) in [6.45, 7) is 1.74. The summed E-state index contributed by atoms with van der Waals surface area (Å²) in [6, 6.07) is 5.12. The molecule has 0 fully saturated rings. The number of amides is 1. The van der Waals surface area contributed by atoms with Crippen LogP contribution in [-0.4, -0.2) is 38.3 Å². The average molecular weight is 310 g/mol. The molecule has 0 bridgehead atoms. The van der Waals surface area contributed by atoms with Crippen LogP contribution in [0.15, 0.2) is 18.2 Å². The number of hydrogen-bond acceptors (Lipinski definition) is 4. The Morgan fingerprint density at radius 1 is 1.43 bits per heavy atom. The van der Waals surface area contributed by atoms with Gasteiger partial charge >= 0.3 is 0 Å². The molecule has 0 radical (unpaired) electrons. The Hall–Kier alpha value is -1.88. The maximum atomic E-state index is 12.0. The molecule has 0 aliphatic rings. The molecule has 0 aliphatic heterocycles. The molecule has 0 aromatic heterocycles. The van der Waals surface area contributed by atoms with Gasteiger partial charge in [-0.1, -0.05) is 17.9 Å². The Morgan fingerprint density at radius 3 is 2.76 bits per heavy atom. The lowest BCUT2D eigenvalue weighted by atomic mass is 10.0. The lowest BCUT2D eigenvalue weighted by Crippen LogP contribution is -2.28. The van der Waals surface area contributed by atoms with Crippen LogP contribution in [0.4, 0.5) is 0 Å². The van der Waals surface area contributed by atoms with E-state index < -0.39 is 10.0 Å². The van der Waals surface area contributed by atoms with Crippen molar-refractivity contribution in [3.8, 4) is 11.8 Å². The van der Waals surface area contributed by atoms with Gasteiger partial charge in [-0.15, -0.1) is 0 Å². The summed E-state index contributed by atoms with van der Waals surface area (Å²) < 4.78 is 21.5. The fourth-order valence-corrected chi connectivity index (χ4v) is 2.27. The Bertz CT molecular complexity index is 672. The Balaban J connectivity index is 2.70. The van der Waals surface area contributed by atoms with Crippen LogP contribution in [0.25, 0.3) is 0 Å². The van der Waals surface area contributed by atoms with Crippen molar-refractivity contribution in [2.45, 2.75) is 13.3 Å². The van der Waals surface area contributed by atoms with Gasteiger partial charge in [0.2, 0.25) is 10.0 Å². The molecule has 0 heterocycles. The van der Waals surface area contributed by atoms with Gasteiger partial charge in [0.15, 0.2) is 0 Å². The molecule has 1 aromatic carbocycles. The standard InChI is InChI=1S/C14H18N2O4S/c1-11-12(6-3-9-17)5-2-7-13(11)14(18)16-8-4-10-21(15,19)20/h2,5,7,17H,4,8-10H2,1H3,(H,16,18)(H2,15,19,20). The van der Waals surface area contributed by atoms with Crippen LogP contribution in [-0.2, 0) is 10.0 Å². The molecule has 114 valence electrons. The Kier molecular flexibility index (Phi) is 6.37. The summed E-state index contributed by atoms with van der Waals surface area (Å²) >= 11 is 0. The van der Waals surface area contributed by atoms with Gasteiger partial charge in [-0.2, -0.15) is 0 Å². The van der Waals surface area contributed by atoms with E-state index in [1.807, 2.05) is 0 Å². The molecule has 1 rings (SSSR count). The van der Waals surface area contributed by atoms with E-state index in [2.05, 4.69) is 17.2 Å². The topological polar surface area (TPSA) is 109 Å². The molecule has 1 amide bonds. The lowest BCUT2D eigenvalue weighted by Gasteiger charge is -2.08. The number of rotatable bonds is 5. The Morgan fingerprint density at radius 2 is 2.14 bits per heavy atom. The van der Waals surface area contributed by atoms with Crippen molar-refractivity contribution < 1.29 is 18.3 Å². The van der Waals surface area contributed by atoms with Crippen molar-refractivity contribution in [3.05, 3.63) is 34.9 Å². The monoisotopic (exact) mass is 310 g/mol. The van der Waals surface area contributed by atoms with Crippen LogP contribution in [0, 0.1) is 18.8 Å². The molecule has 7 heteroatoms. The largest absolute Gasteiger partial charge is 0.384 e. The molecule has 0 saturated heterocycles. The first-order valence-electron chi connectivity index (χ1n) is 6.33. The van der Waals surface area contributed by atoms with E-state index in [1.54, 1.807) is 25.1 Å². The van der Waals surface area contributed by atoms with Crippen molar-refractivity contribution >= 4 is 15.9 Å². The number of benzene rings is 1. The zero-order valence-electron chi connectivity index (χ0n) is 11.7. The van der Waals surface area contributed by atoms with Gasteiger partial charge in [-0.05, 0) is 31.0 Å². The number of primary sulfonamides is 1. The van der Waals surface area contributed by atoms with Crippen molar-refractivity contribution in [2.75, 3.05) is 18.9 Å². The van der Waals surface area contributed by atoms with E-state index >= 15 is 0 Å². The third kappa shape index (κ3) is 5.95. The molecular weight excluding hydrogens is 292 g/mol. The molecule has 21 heavy (non-hydrogen) atoms. The number of sulfonamides is 1. The maximum Gasteiger partial charge on any atom is 0.251 e. The van der Waals surface area contributed by atoms with Crippen LogP contribution in [0.1, 0.15) is 27.9 Å². The van der Waals surface area contributed by atoms with Crippen LogP contribution in [0.5, 0.6) is 0 Å². The van der Waals surface area contributed by atoms with Crippen LogP contribution < -0.4 is 10.5 Å². The highest BCUT2D eigenvalue weighted by molar-refractivity contribution is 7.89. The highest BCUT2D eigenvalue weighted by Gasteiger charge is 2.11. The highest BCUT2D eigenvalue weighted by Crippen LogP contribution is 2.12. The molecule has 4 N–H and O–H groups in total. The van der Waals surface area contributed by atoms with Gasteiger partial charge < -0.3 is 10.4 Å². The van der Waals surface area contributed by atoms with E-state index in [0.29, 0.717) is 16.7 Å². The Labute approximate surface area is 124 Å². The van der Waals surface area contributed by atoms with Gasteiger partial charge in [0.25, 0.3) is 5.91 Å². The second-order valence-corrected chi connectivity index (χ2v) is 6.15. The molecule has 0 saturated carbocycles. The predicted molar refractivity (Wildman–Crippen MR) is 80.1 cm³/mol. The van der Waals surface area contributed by atoms with Gasteiger partial charge in [0.05, 0.1) is 5.75 Å². The minimum absolute atomic E-state index is 0.172. The van der Waals surface area contributed by atoms with E-state index in [0.717, 1.165) is 0 Å². The fourth-order valence-electron chi connectivity index (χ4n) is 1.72. The highest BCUT2D eigenvalue weighted by atomic mass is 32.2. The van der Waals surface area contributed by atoms with Gasteiger partial charge in [-0.3, -0.25) is 4.79 Å². The molecule has 0 unspecified atom stereocenters. The van der Waals surface area contributed by atoms with Crippen molar-refractivity contribution in [3.63, 3.8) is 0 Å². The summed E-state index contributed by atoms with van der Waals surface area (Å²) in [5, 5.41) is 16.2. The second-order valence-electron chi connectivity index (χ2n) is 4.41. The van der Waals surface area contributed by atoms with Crippen LogP contribution in [0.2, 0.25) is 0 Å². The molecule has 0 atom stereocenters. The summed E-state index contributed by atoms with van der Waals surface area (Å²) in [7, 11) is -3.51. The van der Waals surface area contributed by atoms with Crippen molar-refractivity contribution in [2.24, 2.45) is 5.14 Å². The van der Waals surface area contributed by atoms with E-state index in [4.69, 9.17) is 10.2 Å². The van der Waals surface area contributed by atoms with Gasteiger partial charge in [0, 0.05) is 17.7 Å². The number of nitrogens with one attached hydrogen (secondary N) is 1. The van der Waals surface area contributed by atoms with Crippen LogP contribution >= 0.6 is 0 Å². The summed E-state index contributed by atoms with van der Waals surface area (Å²) in [5.74, 6) is 4.83. The van der Waals surface area contributed by atoms with Gasteiger partial charge in [-0.25, -0.2) is 13.6 Å². The maximum absolute atomic E-state index is 12.0. The van der Waals surface area contributed by atoms with E-state index in [-0.39, 0.29) is 31.2 Å². The summed E-state index contributed by atoms with van der Waals surface area (Å²) in [5.41, 5.74) is 1.85. The zero-order chi connectivity index (χ0) is 15.9. The first-order chi connectivity index (χ1) is 9.85. The molecular formula is C14H18N2O4S. The normalized spacial score (nSPS) is 10.6. The molecule has 1 aromatic rings. The molecule has 0 spiro atoms. The van der Waals surface area contributed by atoms with E-state index in [1.165, 1.54) is 0 Å². The van der Waals surface area contributed by atoms with E-state index in [9.17, 15) is 13.2 Å². The number of hydrogen-bond donors (Lipinski definition) is 3. The molecule has 6 nitrogen and oxygen atoms in total. The first-order valence-corrected chi connectivity index (χ1v) is 8.04. The zero-order valence-corrected chi connectivity index (χ0v) is 12.5. The van der Waals surface area contributed by atoms with Crippen molar-refractivity contribution in [1.29, 1.82) is 0 Å². The summed E-state index contributed by atoms with van der Waals surface area (Å²) in [6.07, 6.45) is 0.258. The summed E-state index contributed by atoms with van der Waals surface area (Å²) in [4.78, 5) is 12.0. The van der Waals surface area contributed by atoms with Gasteiger partial charge in [0.1, 0.15) is 6.61 Å². The average Bonchev–Trinajstić information content (AvgIpc) is 2.41. The number of nitrogens with two attached hydrogens (primary N) is 1. The minimum atomic E-state index is -3.51. The molecule has 0 aliphatic carbocycles. The van der Waals surface area contributed by atoms with Crippen LogP contribution in [0.3, 0.4) is 0 Å². The number of aliphatic hydroxyl groups is 1. The quantitative estimate of drug-likeness (QED) is 0.514. The fraction of sp³-hybridized carbons (Fsp3) is 0.357. The number of carbonyl (C=O) groups is 1. The number of aliphatic hydroxyl groups excluding tert-OH is 1. The smallest absolute Gasteiger partial charge is 0.251 e. The number of carbonyl (C=O) groups excluding carboxylic acids is 1. The SMILES string of the molecule is Cc1c(C#CCO)cccc1C(=O)NCCCS(N)(=O)=O. The predicted octanol–water partition coefficient (Wildman–Crippen LogP) is -0.253. The first kappa shape index (κ1) is 17.2. The van der Waals surface area contributed by atoms with Crippen molar-refractivity contribution in [1.82, 2.24) is 5.32 Å². The third-order valence-electron chi connectivity index (χ3n) is 2.77. The minimum Gasteiger partial charge on any atom is -0.384 e. The third-order valence-corrected chi connectivity index (χ3v) is 3.63. The second kappa shape index (κ2) is 7.78. The lowest BCUT2D eigenvalue weighted by molar-refractivity contribution is 0.0953.